The van der Waals surface area contributed by atoms with Crippen molar-refractivity contribution in [3.63, 3.8) is 0 Å². The summed E-state index contributed by atoms with van der Waals surface area (Å²) in [6.07, 6.45) is 0. The van der Waals surface area contributed by atoms with Gasteiger partial charge in [0.25, 0.3) is 0 Å². The second-order valence-corrected chi connectivity index (χ2v) is 6.64. The summed E-state index contributed by atoms with van der Waals surface area (Å²) in [6, 6.07) is 6.38. The van der Waals surface area contributed by atoms with Crippen LogP contribution in [-0.4, -0.2) is 9.55 Å². The Morgan fingerprint density at radius 1 is 1.33 bits per heavy atom. The van der Waals surface area contributed by atoms with Crippen LogP contribution >= 0.6 is 34.2 Å². The second kappa shape index (κ2) is 5.78. The molecule has 1 unspecified atom stereocenters. The zero-order chi connectivity index (χ0) is 13.3. The Morgan fingerprint density at radius 2 is 2.06 bits per heavy atom. The minimum atomic E-state index is 0.468. The third-order valence-electron chi connectivity index (χ3n) is 3.52. The van der Waals surface area contributed by atoms with Crippen molar-refractivity contribution in [2.45, 2.75) is 33.2 Å². The number of hydrogen-bond acceptors (Lipinski definition) is 1. The SMILES string of the molecule is CC(C)C(C)Cn1c(CCl)nc2cc(I)ccc21. The molecule has 0 saturated carbocycles. The summed E-state index contributed by atoms with van der Waals surface area (Å²) < 4.78 is 3.48. The molecule has 2 aromatic rings. The van der Waals surface area contributed by atoms with Gasteiger partial charge in [-0.05, 0) is 52.6 Å². The van der Waals surface area contributed by atoms with Gasteiger partial charge in [-0.3, -0.25) is 0 Å². The molecule has 0 saturated heterocycles. The van der Waals surface area contributed by atoms with Crippen molar-refractivity contribution in [1.29, 1.82) is 0 Å². The molecular formula is C14H18ClIN2. The van der Waals surface area contributed by atoms with Crippen LogP contribution in [0.15, 0.2) is 18.2 Å². The van der Waals surface area contributed by atoms with E-state index in [4.69, 9.17) is 11.6 Å². The van der Waals surface area contributed by atoms with E-state index in [1.54, 1.807) is 0 Å². The highest BCUT2D eigenvalue weighted by Gasteiger charge is 2.14. The van der Waals surface area contributed by atoms with Gasteiger partial charge in [0.2, 0.25) is 0 Å². The molecule has 2 nitrogen and oxygen atoms in total. The lowest BCUT2D eigenvalue weighted by molar-refractivity contribution is 0.365. The van der Waals surface area contributed by atoms with Gasteiger partial charge in [0, 0.05) is 10.1 Å². The standard InChI is InChI=1S/C14H18ClIN2/c1-9(2)10(3)8-18-13-5-4-11(16)6-12(13)17-14(18)7-15/h4-6,9-10H,7-8H2,1-3H3. The summed E-state index contributed by atoms with van der Waals surface area (Å²) in [5, 5.41) is 0. The maximum atomic E-state index is 6.02. The van der Waals surface area contributed by atoms with E-state index in [-0.39, 0.29) is 0 Å². The molecule has 1 atom stereocenters. The molecule has 2 rings (SSSR count). The molecule has 0 aliphatic rings. The van der Waals surface area contributed by atoms with E-state index in [2.05, 4.69) is 71.1 Å². The molecule has 0 fully saturated rings. The van der Waals surface area contributed by atoms with E-state index in [9.17, 15) is 0 Å². The number of hydrogen-bond donors (Lipinski definition) is 0. The molecule has 98 valence electrons. The fourth-order valence-corrected chi connectivity index (χ4v) is 2.64. The van der Waals surface area contributed by atoms with Gasteiger partial charge >= 0.3 is 0 Å². The molecule has 18 heavy (non-hydrogen) atoms. The lowest BCUT2D eigenvalue weighted by Gasteiger charge is -2.18. The highest BCUT2D eigenvalue weighted by atomic mass is 127. The summed E-state index contributed by atoms with van der Waals surface area (Å²) in [4.78, 5) is 4.63. The van der Waals surface area contributed by atoms with Crippen LogP contribution in [0.3, 0.4) is 0 Å². The number of aromatic nitrogens is 2. The van der Waals surface area contributed by atoms with Gasteiger partial charge in [-0.1, -0.05) is 20.8 Å². The first-order valence-corrected chi connectivity index (χ1v) is 7.85. The second-order valence-electron chi connectivity index (χ2n) is 5.13. The van der Waals surface area contributed by atoms with Crippen molar-refractivity contribution >= 4 is 45.2 Å². The Kier molecular flexibility index (Phi) is 4.54. The average molecular weight is 377 g/mol. The van der Waals surface area contributed by atoms with Gasteiger partial charge in [0.05, 0.1) is 16.9 Å². The van der Waals surface area contributed by atoms with Crippen molar-refractivity contribution in [2.75, 3.05) is 0 Å². The number of rotatable bonds is 4. The largest absolute Gasteiger partial charge is 0.327 e. The van der Waals surface area contributed by atoms with Crippen LogP contribution in [0.25, 0.3) is 11.0 Å². The van der Waals surface area contributed by atoms with E-state index in [0.717, 1.165) is 17.9 Å². The van der Waals surface area contributed by atoms with Crippen LogP contribution in [-0.2, 0) is 12.4 Å². The van der Waals surface area contributed by atoms with Gasteiger partial charge in [-0.15, -0.1) is 11.6 Å². The van der Waals surface area contributed by atoms with E-state index in [1.165, 1.54) is 9.09 Å². The third-order valence-corrected chi connectivity index (χ3v) is 4.43. The molecule has 1 aromatic carbocycles. The highest BCUT2D eigenvalue weighted by Crippen LogP contribution is 2.23. The number of fused-ring (bicyclic) bond motifs is 1. The van der Waals surface area contributed by atoms with Crippen molar-refractivity contribution in [1.82, 2.24) is 9.55 Å². The van der Waals surface area contributed by atoms with E-state index >= 15 is 0 Å². The van der Waals surface area contributed by atoms with Crippen LogP contribution in [0.2, 0.25) is 0 Å². The molecule has 4 heteroatoms. The number of nitrogens with zero attached hydrogens (tertiary/aromatic N) is 2. The minimum Gasteiger partial charge on any atom is -0.327 e. The molecule has 0 spiro atoms. The smallest absolute Gasteiger partial charge is 0.124 e. The molecule has 0 radical (unpaired) electrons. The van der Waals surface area contributed by atoms with Gasteiger partial charge in [0.15, 0.2) is 0 Å². The predicted molar refractivity (Wildman–Crippen MR) is 86.0 cm³/mol. The number of benzene rings is 1. The Bertz CT molecular complexity index is 548. The molecule has 1 aromatic heterocycles. The van der Waals surface area contributed by atoms with Crippen LogP contribution in [0.5, 0.6) is 0 Å². The Balaban J connectivity index is 2.47. The van der Waals surface area contributed by atoms with Crippen LogP contribution < -0.4 is 0 Å². The fourth-order valence-electron chi connectivity index (χ4n) is 1.96. The van der Waals surface area contributed by atoms with Crippen molar-refractivity contribution in [2.24, 2.45) is 11.8 Å². The normalized spacial score (nSPS) is 13.4. The molecule has 0 aliphatic heterocycles. The molecule has 0 N–H and O–H groups in total. The Labute approximate surface area is 127 Å². The summed E-state index contributed by atoms with van der Waals surface area (Å²) in [5.41, 5.74) is 2.24. The number of imidazole rings is 1. The highest BCUT2D eigenvalue weighted by molar-refractivity contribution is 14.1. The minimum absolute atomic E-state index is 0.468. The van der Waals surface area contributed by atoms with Gasteiger partial charge in [-0.2, -0.15) is 0 Å². The van der Waals surface area contributed by atoms with Crippen LogP contribution in [0.1, 0.15) is 26.6 Å². The molecule has 0 bridgehead atoms. The summed E-state index contributed by atoms with van der Waals surface area (Å²) in [5.74, 6) is 2.72. The van der Waals surface area contributed by atoms with E-state index in [0.29, 0.717) is 17.7 Å². The lowest BCUT2D eigenvalue weighted by atomic mass is 9.98. The summed E-state index contributed by atoms with van der Waals surface area (Å²) in [7, 11) is 0. The summed E-state index contributed by atoms with van der Waals surface area (Å²) >= 11 is 8.34. The summed E-state index contributed by atoms with van der Waals surface area (Å²) in [6.45, 7) is 7.78. The topological polar surface area (TPSA) is 17.8 Å². The zero-order valence-corrected chi connectivity index (χ0v) is 13.9. The first kappa shape index (κ1) is 14.1. The lowest BCUT2D eigenvalue weighted by Crippen LogP contribution is -2.14. The number of alkyl halides is 1. The quantitative estimate of drug-likeness (QED) is 0.560. The van der Waals surface area contributed by atoms with Gasteiger partial charge < -0.3 is 4.57 Å². The first-order chi connectivity index (χ1) is 8.52. The predicted octanol–water partition coefficient (Wildman–Crippen LogP) is 4.67. The maximum absolute atomic E-state index is 6.02. The Morgan fingerprint density at radius 3 is 2.67 bits per heavy atom. The van der Waals surface area contributed by atoms with Gasteiger partial charge in [0.1, 0.15) is 5.82 Å². The van der Waals surface area contributed by atoms with E-state index in [1.807, 2.05) is 0 Å². The van der Waals surface area contributed by atoms with E-state index < -0.39 is 0 Å². The Hall–Kier alpha value is -0.290. The molecule has 0 amide bonds. The van der Waals surface area contributed by atoms with Crippen molar-refractivity contribution < 1.29 is 0 Å². The monoisotopic (exact) mass is 376 g/mol. The fraction of sp³-hybridized carbons (Fsp3) is 0.500. The van der Waals surface area contributed by atoms with Crippen LogP contribution in [0.4, 0.5) is 0 Å². The third kappa shape index (κ3) is 2.82. The first-order valence-electron chi connectivity index (χ1n) is 6.23. The molecule has 0 aliphatic carbocycles. The van der Waals surface area contributed by atoms with Crippen molar-refractivity contribution in [3.8, 4) is 0 Å². The number of halogens is 2. The molecular weight excluding hydrogens is 359 g/mol. The van der Waals surface area contributed by atoms with Gasteiger partial charge in [-0.25, -0.2) is 4.98 Å². The zero-order valence-electron chi connectivity index (χ0n) is 11.0. The average Bonchev–Trinajstić information content (AvgIpc) is 2.66. The molecule has 1 heterocycles. The van der Waals surface area contributed by atoms with Crippen LogP contribution in [0, 0.1) is 15.4 Å². The maximum Gasteiger partial charge on any atom is 0.124 e. The van der Waals surface area contributed by atoms with Crippen molar-refractivity contribution in [3.05, 3.63) is 27.6 Å².